The standard InChI is InChI=1S/C21H16N2O6/c24-20(19-12-27-17-6-1-2-7-18(17)29-19)23-22-11-15-8-9-16(28-15)13-4-3-5-14(10-13)21(25)26/h1-11,19H,12H2,(H,23,24)(H,25,26)/b22-11-/t19-/m0/s1. The van der Waals surface area contributed by atoms with Crippen molar-refractivity contribution in [3.8, 4) is 22.8 Å². The number of hydrazone groups is 1. The number of carbonyl (C=O) groups is 2. The van der Waals surface area contributed by atoms with Crippen LogP contribution in [0.5, 0.6) is 11.5 Å². The van der Waals surface area contributed by atoms with Gasteiger partial charge in [-0.15, -0.1) is 0 Å². The fraction of sp³-hybridized carbons (Fsp3) is 0.0952. The number of furan rings is 1. The van der Waals surface area contributed by atoms with E-state index in [1.807, 2.05) is 6.07 Å². The first-order chi connectivity index (χ1) is 14.1. The Bertz CT molecular complexity index is 1090. The van der Waals surface area contributed by atoms with Crippen molar-refractivity contribution in [2.24, 2.45) is 5.10 Å². The summed E-state index contributed by atoms with van der Waals surface area (Å²) in [6.07, 6.45) is 0.535. The molecule has 0 saturated heterocycles. The number of fused-ring (bicyclic) bond motifs is 1. The van der Waals surface area contributed by atoms with Gasteiger partial charge in [-0.2, -0.15) is 5.10 Å². The highest BCUT2D eigenvalue weighted by Crippen LogP contribution is 2.30. The fourth-order valence-electron chi connectivity index (χ4n) is 2.76. The Kier molecular flexibility index (Phi) is 4.98. The van der Waals surface area contributed by atoms with Gasteiger partial charge < -0.3 is 19.0 Å². The van der Waals surface area contributed by atoms with Gasteiger partial charge in [-0.05, 0) is 36.4 Å². The number of aromatic carboxylic acids is 1. The molecule has 0 saturated carbocycles. The number of carboxylic acids is 1. The molecule has 0 bridgehead atoms. The zero-order valence-electron chi connectivity index (χ0n) is 15.1. The summed E-state index contributed by atoms with van der Waals surface area (Å²) in [5, 5.41) is 13.0. The molecule has 1 aliphatic heterocycles. The second-order valence-electron chi connectivity index (χ2n) is 6.19. The molecule has 0 unspecified atom stereocenters. The maximum Gasteiger partial charge on any atom is 0.335 e. The van der Waals surface area contributed by atoms with Gasteiger partial charge in [-0.1, -0.05) is 24.3 Å². The van der Waals surface area contributed by atoms with Crippen molar-refractivity contribution < 1.29 is 28.6 Å². The quantitative estimate of drug-likeness (QED) is 0.510. The molecule has 0 spiro atoms. The Morgan fingerprint density at radius 3 is 2.72 bits per heavy atom. The number of para-hydroxylation sites is 2. The summed E-state index contributed by atoms with van der Waals surface area (Å²) in [4.78, 5) is 23.3. The van der Waals surface area contributed by atoms with Gasteiger partial charge in [0.15, 0.2) is 11.5 Å². The molecule has 1 aromatic heterocycles. The normalized spacial score (nSPS) is 15.2. The lowest BCUT2D eigenvalue weighted by molar-refractivity contribution is -0.130. The van der Waals surface area contributed by atoms with E-state index in [4.69, 9.17) is 19.0 Å². The van der Waals surface area contributed by atoms with E-state index in [1.165, 1.54) is 18.3 Å². The van der Waals surface area contributed by atoms with Gasteiger partial charge in [-0.25, -0.2) is 10.2 Å². The van der Waals surface area contributed by atoms with Gasteiger partial charge in [0.05, 0.1) is 11.8 Å². The van der Waals surface area contributed by atoms with E-state index in [2.05, 4.69) is 10.5 Å². The molecule has 1 amide bonds. The fourth-order valence-corrected chi connectivity index (χ4v) is 2.76. The van der Waals surface area contributed by atoms with E-state index in [0.717, 1.165) is 0 Å². The van der Waals surface area contributed by atoms with Crippen LogP contribution in [0, 0.1) is 0 Å². The molecular weight excluding hydrogens is 376 g/mol. The van der Waals surface area contributed by atoms with Crippen LogP contribution in [0.4, 0.5) is 0 Å². The number of ether oxygens (including phenoxy) is 2. The number of carbonyl (C=O) groups excluding carboxylic acids is 1. The number of carboxylic acid groups (broad SMARTS) is 1. The number of hydrogen-bond donors (Lipinski definition) is 2. The van der Waals surface area contributed by atoms with E-state index in [1.54, 1.807) is 42.5 Å². The SMILES string of the molecule is O=C(O)c1cccc(-c2ccc(/C=N\NC(=O)[C@@H]3COc4ccccc4O3)o2)c1. The highest BCUT2D eigenvalue weighted by molar-refractivity contribution is 5.89. The second-order valence-corrected chi connectivity index (χ2v) is 6.19. The highest BCUT2D eigenvalue weighted by Gasteiger charge is 2.27. The maximum absolute atomic E-state index is 12.2. The minimum absolute atomic E-state index is 0.0865. The molecule has 8 heteroatoms. The van der Waals surface area contributed by atoms with E-state index in [-0.39, 0.29) is 12.2 Å². The molecule has 2 N–H and O–H groups in total. The molecule has 0 radical (unpaired) electrons. The third-order valence-electron chi connectivity index (χ3n) is 4.19. The molecule has 4 rings (SSSR count). The Hall–Kier alpha value is -4.07. The van der Waals surface area contributed by atoms with Crippen LogP contribution in [0.3, 0.4) is 0 Å². The molecule has 1 atom stereocenters. The van der Waals surface area contributed by atoms with E-state index >= 15 is 0 Å². The predicted octanol–water partition coefficient (Wildman–Crippen LogP) is 2.93. The number of rotatable bonds is 5. The third-order valence-corrected chi connectivity index (χ3v) is 4.19. The van der Waals surface area contributed by atoms with E-state index in [9.17, 15) is 9.59 Å². The lowest BCUT2D eigenvalue weighted by atomic mass is 10.1. The third kappa shape index (κ3) is 4.11. The summed E-state index contributed by atoms with van der Waals surface area (Å²) in [5.74, 6) is 0.516. The van der Waals surface area contributed by atoms with Gasteiger partial charge >= 0.3 is 5.97 Å². The largest absolute Gasteiger partial charge is 0.485 e. The van der Waals surface area contributed by atoms with Crippen molar-refractivity contribution in [3.05, 3.63) is 72.0 Å². The summed E-state index contributed by atoms with van der Waals surface area (Å²) in [6.45, 7) is 0.0865. The van der Waals surface area contributed by atoms with Crippen molar-refractivity contribution in [1.82, 2.24) is 5.43 Å². The lowest BCUT2D eigenvalue weighted by Crippen LogP contribution is -2.42. The number of benzene rings is 2. The Morgan fingerprint density at radius 2 is 1.90 bits per heavy atom. The van der Waals surface area contributed by atoms with Crippen LogP contribution in [0.2, 0.25) is 0 Å². The average molecular weight is 392 g/mol. The Balaban J connectivity index is 1.37. The molecule has 0 fully saturated rings. The zero-order valence-corrected chi connectivity index (χ0v) is 15.1. The monoisotopic (exact) mass is 392 g/mol. The van der Waals surface area contributed by atoms with Crippen LogP contribution in [-0.2, 0) is 4.79 Å². The molecule has 2 aromatic carbocycles. The topological polar surface area (TPSA) is 110 Å². The van der Waals surface area contributed by atoms with Gasteiger partial charge in [0.1, 0.15) is 18.1 Å². The molecule has 1 aliphatic rings. The molecule has 29 heavy (non-hydrogen) atoms. The van der Waals surface area contributed by atoms with E-state index < -0.39 is 18.0 Å². The summed E-state index contributed by atoms with van der Waals surface area (Å²) in [6, 6.07) is 16.9. The van der Waals surface area contributed by atoms with Crippen LogP contribution in [0.15, 0.2) is 70.2 Å². The van der Waals surface area contributed by atoms with Crippen LogP contribution >= 0.6 is 0 Å². The second kappa shape index (κ2) is 7.89. The highest BCUT2D eigenvalue weighted by atomic mass is 16.6. The molecule has 8 nitrogen and oxygen atoms in total. The van der Waals surface area contributed by atoms with Crippen molar-refractivity contribution >= 4 is 18.1 Å². The summed E-state index contributed by atoms with van der Waals surface area (Å²) in [7, 11) is 0. The minimum atomic E-state index is -1.01. The van der Waals surface area contributed by atoms with Crippen molar-refractivity contribution in [2.45, 2.75) is 6.10 Å². The smallest absolute Gasteiger partial charge is 0.335 e. The first kappa shape index (κ1) is 18.3. The zero-order chi connectivity index (χ0) is 20.2. The van der Waals surface area contributed by atoms with Crippen LogP contribution in [0.1, 0.15) is 16.1 Å². The van der Waals surface area contributed by atoms with Gasteiger partial charge in [-0.3, -0.25) is 4.79 Å². The molecular formula is C21H16N2O6. The minimum Gasteiger partial charge on any atom is -0.485 e. The number of amides is 1. The van der Waals surface area contributed by atoms with Crippen LogP contribution in [-0.4, -0.2) is 35.9 Å². The van der Waals surface area contributed by atoms with Crippen molar-refractivity contribution in [2.75, 3.05) is 6.61 Å². The summed E-state index contributed by atoms with van der Waals surface area (Å²) in [5.41, 5.74) is 3.18. The van der Waals surface area contributed by atoms with E-state index in [0.29, 0.717) is 28.6 Å². The number of nitrogens with one attached hydrogen (secondary N) is 1. The van der Waals surface area contributed by atoms with Crippen molar-refractivity contribution in [3.63, 3.8) is 0 Å². The summed E-state index contributed by atoms with van der Waals surface area (Å²) < 4.78 is 16.7. The first-order valence-corrected chi connectivity index (χ1v) is 8.75. The summed E-state index contributed by atoms with van der Waals surface area (Å²) >= 11 is 0. The molecule has 0 aliphatic carbocycles. The van der Waals surface area contributed by atoms with Crippen molar-refractivity contribution in [1.29, 1.82) is 0 Å². The maximum atomic E-state index is 12.2. The Morgan fingerprint density at radius 1 is 1.07 bits per heavy atom. The Labute approximate surface area is 165 Å². The molecule has 2 heterocycles. The van der Waals surface area contributed by atoms with Gasteiger partial charge in [0.25, 0.3) is 5.91 Å². The van der Waals surface area contributed by atoms with Gasteiger partial charge in [0, 0.05) is 5.56 Å². The first-order valence-electron chi connectivity index (χ1n) is 8.75. The lowest BCUT2D eigenvalue weighted by Gasteiger charge is -2.24. The van der Waals surface area contributed by atoms with Gasteiger partial charge in [0.2, 0.25) is 6.10 Å². The predicted molar refractivity (Wildman–Crippen MR) is 103 cm³/mol. The molecule has 3 aromatic rings. The molecule has 146 valence electrons. The average Bonchev–Trinajstić information content (AvgIpc) is 3.22. The van der Waals surface area contributed by atoms with Crippen LogP contribution in [0.25, 0.3) is 11.3 Å². The number of hydrogen-bond acceptors (Lipinski definition) is 6. The van der Waals surface area contributed by atoms with Crippen LogP contribution < -0.4 is 14.9 Å². The number of nitrogens with zero attached hydrogens (tertiary/aromatic N) is 1.